The van der Waals surface area contributed by atoms with Crippen LogP contribution in [-0.4, -0.2) is 44.3 Å². The molecule has 4 aromatic rings. The molecule has 0 unspecified atom stereocenters. The second-order valence-electron chi connectivity index (χ2n) is 6.65. The van der Waals surface area contributed by atoms with Crippen molar-refractivity contribution in [2.45, 2.75) is 27.3 Å². The smallest absolute Gasteiger partial charge is 0.221 e. The molecule has 0 fully saturated rings. The molecule has 29 heavy (non-hydrogen) atoms. The lowest BCUT2D eigenvalue weighted by atomic mass is 10.2. The predicted molar refractivity (Wildman–Crippen MR) is 132 cm³/mol. The van der Waals surface area contributed by atoms with Crippen molar-refractivity contribution in [3.63, 3.8) is 0 Å². The molecule has 0 spiro atoms. The SMILES string of the molecule is Br.Br.CCN(CC)CCn1c2ccccc2n2c(C(=O)c3cccs3)c(C)nc12. The summed E-state index contributed by atoms with van der Waals surface area (Å²) in [5.74, 6) is 0.891. The number of hydrogen-bond acceptors (Lipinski definition) is 4. The van der Waals surface area contributed by atoms with E-state index in [-0.39, 0.29) is 39.7 Å². The van der Waals surface area contributed by atoms with Crippen molar-refractivity contribution in [3.05, 3.63) is 58.0 Å². The highest BCUT2D eigenvalue weighted by molar-refractivity contribution is 8.93. The van der Waals surface area contributed by atoms with Crippen molar-refractivity contribution in [3.8, 4) is 0 Å². The molecule has 0 aliphatic heterocycles. The fraction of sp³-hybridized carbons (Fsp3) is 0.333. The van der Waals surface area contributed by atoms with Gasteiger partial charge in [-0.3, -0.25) is 9.20 Å². The lowest BCUT2D eigenvalue weighted by molar-refractivity contribution is 0.103. The van der Waals surface area contributed by atoms with Gasteiger partial charge in [-0.05, 0) is 43.6 Å². The summed E-state index contributed by atoms with van der Waals surface area (Å²) in [6.07, 6.45) is 0. The van der Waals surface area contributed by atoms with E-state index in [4.69, 9.17) is 4.98 Å². The Hall–Kier alpha value is -1.48. The lowest BCUT2D eigenvalue weighted by Gasteiger charge is -2.18. The zero-order valence-corrected chi connectivity index (χ0v) is 21.0. The fourth-order valence-electron chi connectivity index (χ4n) is 3.71. The third-order valence-corrected chi connectivity index (χ3v) is 6.05. The number of thiophene rings is 1. The minimum Gasteiger partial charge on any atom is -0.308 e. The molecule has 0 saturated heterocycles. The third kappa shape index (κ3) is 4.21. The molecule has 0 N–H and O–H groups in total. The van der Waals surface area contributed by atoms with Crippen molar-refractivity contribution in [2.75, 3.05) is 19.6 Å². The van der Waals surface area contributed by atoms with Crippen molar-refractivity contribution in [2.24, 2.45) is 0 Å². The number of rotatable bonds is 7. The minimum atomic E-state index is 0. The highest BCUT2D eigenvalue weighted by atomic mass is 79.9. The molecule has 4 rings (SSSR count). The summed E-state index contributed by atoms with van der Waals surface area (Å²) in [5.41, 5.74) is 3.61. The van der Waals surface area contributed by atoms with E-state index in [1.54, 1.807) is 0 Å². The van der Waals surface area contributed by atoms with Crippen LogP contribution < -0.4 is 0 Å². The van der Waals surface area contributed by atoms with Crippen LogP contribution in [0.15, 0.2) is 41.8 Å². The van der Waals surface area contributed by atoms with E-state index < -0.39 is 0 Å². The van der Waals surface area contributed by atoms with Crippen LogP contribution in [0.5, 0.6) is 0 Å². The van der Waals surface area contributed by atoms with Gasteiger partial charge in [-0.15, -0.1) is 45.3 Å². The summed E-state index contributed by atoms with van der Waals surface area (Å²) in [6, 6.07) is 12.0. The maximum Gasteiger partial charge on any atom is 0.221 e. The predicted octanol–water partition coefficient (Wildman–Crippen LogP) is 5.39. The Morgan fingerprint density at radius 2 is 1.76 bits per heavy atom. The van der Waals surface area contributed by atoms with Gasteiger partial charge in [0, 0.05) is 13.1 Å². The van der Waals surface area contributed by atoms with Crippen molar-refractivity contribution in [1.29, 1.82) is 0 Å². The molecule has 0 amide bonds. The zero-order chi connectivity index (χ0) is 19.0. The van der Waals surface area contributed by atoms with Gasteiger partial charge in [-0.25, -0.2) is 4.98 Å². The maximum absolute atomic E-state index is 13.1. The van der Waals surface area contributed by atoms with Gasteiger partial charge in [-0.1, -0.05) is 32.0 Å². The summed E-state index contributed by atoms with van der Waals surface area (Å²) >= 11 is 1.47. The molecule has 3 heterocycles. The number of fused-ring (bicyclic) bond motifs is 3. The Bertz CT molecular complexity index is 1100. The molecule has 0 aliphatic rings. The molecule has 1 aromatic carbocycles. The van der Waals surface area contributed by atoms with Gasteiger partial charge < -0.3 is 9.47 Å². The Labute approximate surface area is 195 Å². The summed E-state index contributed by atoms with van der Waals surface area (Å²) < 4.78 is 4.28. The molecule has 0 atom stereocenters. The first-order valence-electron chi connectivity index (χ1n) is 9.42. The van der Waals surface area contributed by atoms with E-state index in [1.807, 2.05) is 41.0 Å². The quantitative estimate of drug-likeness (QED) is 0.295. The number of benzene rings is 1. The number of halogens is 2. The summed E-state index contributed by atoms with van der Waals surface area (Å²) in [7, 11) is 0. The van der Waals surface area contributed by atoms with Gasteiger partial charge in [0.2, 0.25) is 11.6 Å². The first-order valence-corrected chi connectivity index (χ1v) is 10.3. The van der Waals surface area contributed by atoms with Gasteiger partial charge in [-0.2, -0.15) is 0 Å². The number of hydrogen-bond donors (Lipinski definition) is 0. The van der Waals surface area contributed by atoms with Gasteiger partial charge in [0.15, 0.2) is 0 Å². The van der Waals surface area contributed by atoms with E-state index >= 15 is 0 Å². The van der Waals surface area contributed by atoms with Crippen LogP contribution in [0.1, 0.15) is 34.9 Å². The molecule has 8 heteroatoms. The molecule has 5 nitrogen and oxygen atoms in total. The van der Waals surface area contributed by atoms with Crippen LogP contribution >= 0.6 is 45.3 Å². The number of nitrogens with zero attached hydrogens (tertiary/aromatic N) is 4. The first-order chi connectivity index (χ1) is 13.2. The second-order valence-corrected chi connectivity index (χ2v) is 7.60. The van der Waals surface area contributed by atoms with Gasteiger partial charge in [0.1, 0.15) is 5.69 Å². The molecular weight excluding hydrogens is 516 g/mol. The van der Waals surface area contributed by atoms with Gasteiger partial charge in [0.05, 0.1) is 21.6 Å². The minimum absolute atomic E-state index is 0. The van der Waals surface area contributed by atoms with Crippen LogP contribution in [0.3, 0.4) is 0 Å². The normalized spacial score (nSPS) is 11.0. The number of aromatic nitrogens is 3. The maximum atomic E-state index is 13.1. The van der Waals surface area contributed by atoms with E-state index in [2.05, 4.69) is 35.4 Å². The average molecular weight is 542 g/mol. The summed E-state index contributed by atoms with van der Waals surface area (Å²) in [5, 5.41) is 1.94. The third-order valence-electron chi connectivity index (χ3n) is 5.18. The van der Waals surface area contributed by atoms with Crippen molar-refractivity contribution < 1.29 is 4.79 Å². The highest BCUT2D eigenvalue weighted by Crippen LogP contribution is 2.26. The molecule has 0 aliphatic carbocycles. The standard InChI is InChI=1S/C21H24N4OS.2BrH/c1-4-23(5-2)12-13-24-16-9-6-7-10-17(16)25-19(15(3)22-21(24)25)20(26)18-11-8-14-27-18;;/h6-11,14H,4-5,12-13H2,1-3H3;2*1H. The molecule has 0 bridgehead atoms. The van der Waals surface area contributed by atoms with Crippen LogP contribution in [0, 0.1) is 6.92 Å². The summed E-state index contributed by atoms with van der Waals surface area (Å²) in [4.78, 5) is 21.1. The number of ketones is 1. The van der Waals surface area contributed by atoms with Crippen molar-refractivity contribution >= 4 is 67.9 Å². The zero-order valence-electron chi connectivity index (χ0n) is 16.8. The Balaban J connectivity index is 0.00000150. The van der Waals surface area contributed by atoms with E-state index in [1.165, 1.54) is 11.3 Å². The van der Waals surface area contributed by atoms with Crippen LogP contribution in [0.25, 0.3) is 16.8 Å². The van der Waals surface area contributed by atoms with Gasteiger partial charge >= 0.3 is 0 Å². The lowest BCUT2D eigenvalue weighted by Crippen LogP contribution is -2.27. The molecule has 0 radical (unpaired) electrons. The second kappa shape index (κ2) is 10.0. The Morgan fingerprint density at radius 1 is 1.07 bits per heavy atom. The fourth-order valence-corrected chi connectivity index (χ4v) is 4.37. The Morgan fingerprint density at radius 3 is 2.38 bits per heavy atom. The number of aryl methyl sites for hydroxylation is 1. The average Bonchev–Trinajstić information content (AvgIpc) is 3.38. The number of carbonyl (C=O) groups excluding carboxylic acids is 1. The van der Waals surface area contributed by atoms with E-state index in [0.29, 0.717) is 5.69 Å². The topological polar surface area (TPSA) is 42.5 Å². The molecule has 3 aromatic heterocycles. The highest BCUT2D eigenvalue weighted by Gasteiger charge is 2.24. The molecule has 156 valence electrons. The Kier molecular flexibility index (Phi) is 8.22. The monoisotopic (exact) mass is 540 g/mol. The van der Waals surface area contributed by atoms with Crippen LogP contribution in [0.4, 0.5) is 0 Å². The first kappa shape index (κ1) is 23.8. The largest absolute Gasteiger partial charge is 0.308 e. The van der Waals surface area contributed by atoms with Crippen LogP contribution in [-0.2, 0) is 6.54 Å². The number of para-hydroxylation sites is 2. The van der Waals surface area contributed by atoms with Crippen LogP contribution in [0.2, 0.25) is 0 Å². The van der Waals surface area contributed by atoms with E-state index in [0.717, 1.165) is 53.6 Å². The van der Waals surface area contributed by atoms with E-state index in [9.17, 15) is 4.79 Å². The van der Waals surface area contributed by atoms with Gasteiger partial charge in [0.25, 0.3) is 0 Å². The summed E-state index contributed by atoms with van der Waals surface area (Å²) in [6.45, 7) is 10.2. The number of carbonyl (C=O) groups is 1. The number of likely N-dealkylation sites (N-methyl/N-ethyl adjacent to an activating group) is 1. The molecular formula is C21H26Br2N4OS. The number of imidazole rings is 2. The molecule has 0 saturated carbocycles. The van der Waals surface area contributed by atoms with Crippen molar-refractivity contribution in [1.82, 2.24) is 18.9 Å².